The van der Waals surface area contributed by atoms with E-state index in [0.29, 0.717) is 19.3 Å². The minimum atomic E-state index is -0.856. The largest absolute Gasteiger partial charge is 0.469 e. The van der Waals surface area contributed by atoms with Crippen molar-refractivity contribution in [3.8, 4) is 0 Å². The summed E-state index contributed by atoms with van der Waals surface area (Å²) < 4.78 is 16.8. The number of ether oxygens (including phenoxy) is 3. The van der Waals surface area contributed by atoms with Crippen molar-refractivity contribution in [2.24, 2.45) is 0 Å². The monoisotopic (exact) mass is 286 g/mol. The molecule has 6 heteroatoms. The summed E-state index contributed by atoms with van der Waals surface area (Å²) in [4.78, 5) is 11.4. The molecule has 20 heavy (non-hydrogen) atoms. The zero-order chi connectivity index (χ0) is 14.5. The molecule has 3 rings (SSSR count). The van der Waals surface area contributed by atoms with Gasteiger partial charge in [0, 0.05) is 12.8 Å². The average molecular weight is 286 g/mol. The number of hydrogen-bond donors (Lipinski definition) is 2. The van der Waals surface area contributed by atoms with Crippen molar-refractivity contribution < 1.29 is 29.2 Å². The van der Waals surface area contributed by atoms with Crippen LogP contribution in [0.4, 0.5) is 0 Å². The van der Waals surface area contributed by atoms with E-state index in [1.807, 2.05) is 6.92 Å². The van der Waals surface area contributed by atoms with Crippen LogP contribution in [-0.2, 0) is 19.0 Å². The number of rotatable bonds is 2. The fraction of sp³-hybridized carbons (Fsp3) is 0.929. The number of aliphatic hydroxyl groups excluding tert-OH is 2. The van der Waals surface area contributed by atoms with Gasteiger partial charge < -0.3 is 24.4 Å². The molecule has 0 aromatic carbocycles. The maximum absolute atomic E-state index is 11.4. The third-order valence-electron chi connectivity index (χ3n) is 5.18. The van der Waals surface area contributed by atoms with E-state index in [4.69, 9.17) is 9.47 Å². The van der Waals surface area contributed by atoms with E-state index in [0.717, 1.165) is 6.42 Å². The molecule has 2 N–H and O–H groups in total. The highest BCUT2D eigenvalue weighted by Crippen LogP contribution is 2.55. The van der Waals surface area contributed by atoms with Gasteiger partial charge in [-0.3, -0.25) is 4.79 Å². The molecule has 114 valence electrons. The Morgan fingerprint density at radius 1 is 1.35 bits per heavy atom. The molecule has 2 heterocycles. The average Bonchev–Trinajstić information content (AvgIpc) is 2.66. The van der Waals surface area contributed by atoms with E-state index < -0.39 is 23.4 Å². The Bertz CT molecular complexity index is 412. The Morgan fingerprint density at radius 3 is 2.80 bits per heavy atom. The number of carbonyl (C=O) groups is 1. The number of methoxy groups -OCH3 is 1. The van der Waals surface area contributed by atoms with Gasteiger partial charge in [0.1, 0.15) is 11.7 Å². The van der Waals surface area contributed by atoms with Gasteiger partial charge in [-0.25, -0.2) is 0 Å². The van der Waals surface area contributed by atoms with Crippen LogP contribution in [0.3, 0.4) is 0 Å². The third-order valence-corrected chi connectivity index (χ3v) is 5.18. The molecule has 4 unspecified atom stereocenters. The van der Waals surface area contributed by atoms with Crippen LogP contribution in [0, 0.1) is 0 Å². The van der Waals surface area contributed by atoms with Crippen LogP contribution in [0.15, 0.2) is 0 Å². The summed E-state index contributed by atoms with van der Waals surface area (Å²) in [7, 11) is 1.36. The first kappa shape index (κ1) is 14.3. The normalized spacial score (nSPS) is 50.6. The van der Waals surface area contributed by atoms with Crippen molar-refractivity contribution >= 4 is 5.97 Å². The number of aliphatic hydroxyl groups is 2. The quantitative estimate of drug-likeness (QED) is 0.702. The third kappa shape index (κ3) is 1.97. The van der Waals surface area contributed by atoms with Gasteiger partial charge in [-0.15, -0.1) is 0 Å². The molecular formula is C14H22O6. The zero-order valence-electron chi connectivity index (χ0n) is 11.9. The van der Waals surface area contributed by atoms with Gasteiger partial charge in [-0.05, 0) is 19.8 Å². The Kier molecular flexibility index (Phi) is 3.32. The van der Waals surface area contributed by atoms with E-state index in [9.17, 15) is 15.0 Å². The van der Waals surface area contributed by atoms with Gasteiger partial charge in [0.15, 0.2) is 0 Å². The van der Waals surface area contributed by atoms with Gasteiger partial charge in [0.05, 0.1) is 37.4 Å². The fourth-order valence-corrected chi connectivity index (χ4v) is 3.96. The first-order chi connectivity index (χ1) is 9.39. The molecular weight excluding hydrogens is 264 g/mol. The lowest BCUT2D eigenvalue weighted by atomic mass is 9.70. The molecule has 3 aliphatic rings. The maximum atomic E-state index is 11.4. The molecule has 6 atom stereocenters. The Hall–Kier alpha value is -0.690. The SMILES string of the molecule is COC(=O)CC1CCC2(C)O[C@@H]3CC2(CC(O)[C@H]3O)O1. The van der Waals surface area contributed by atoms with Crippen molar-refractivity contribution in [3.63, 3.8) is 0 Å². The van der Waals surface area contributed by atoms with Crippen molar-refractivity contribution in [1.82, 2.24) is 0 Å². The fourth-order valence-electron chi connectivity index (χ4n) is 3.96. The minimum absolute atomic E-state index is 0.208. The highest BCUT2D eigenvalue weighted by Gasteiger charge is 2.66. The van der Waals surface area contributed by atoms with Crippen LogP contribution >= 0.6 is 0 Å². The van der Waals surface area contributed by atoms with Crippen molar-refractivity contribution in [2.75, 3.05) is 7.11 Å². The van der Waals surface area contributed by atoms with Gasteiger partial charge >= 0.3 is 5.97 Å². The van der Waals surface area contributed by atoms with E-state index in [2.05, 4.69) is 4.74 Å². The smallest absolute Gasteiger partial charge is 0.308 e. The van der Waals surface area contributed by atoms with Crippen LogP contribution in [0.25, 0.3) is 0 Å². The summed E-state index contributed by atoms with van der Waals surface area (Å²) in [6, 6.07) is 0. The lowest BCUT2D eigenvalue weighted by Crippen LogP contribution is -2.59. The minimum Gasteiger partial charge on any atom is -0.469 e. The first-order valence-corrected chi connectivity index (χ1v) is 7.18. The van der Waals surface area contributed by atoms with Gasteiger partial charge in [0.25, 0.3) is 0 Å². The number of carbonyl (C=O) groups excluding carboxylic acids is 1. The summed E-state index contributed by atoms with van der Waals surface area (Å²) in [6.07, 6.45) is 0.311. The predicted molar refractivity (Wildman–Crippen MR) is 68.0 cm³/mol. The lowest BCUT2D eigenvalue weighted by Gasteiger charge is -2.49. The van der Waals surface area contributed by atoms with Gasteiger partial charge in [-0.1, -0.05) is 0 Å². The highest BCUT2D eigenvalue weighted by atomic mass is 16.6. The van der Waals surface area contributed by atoms with E-state index in [-0.39, 0.29) is 24.6 Å². The van der Waals surface area contributed by atoms with E-state index in [1.165, 1.54) is 7.11 Å². The second-order valence-electron chi connectivity index (χ2n) is 6.41. The Labute approximate surface area is 118 Å². The molecule has 2 aliphatic heterocycles. The van der Waals surface area contributed by atoms with Crippen LogP contribution in [0.2, 0.25) is 0 Å². The Morgan fingerprint density at radius 2 is 2.10 bits per heavy atom. The molecule has 0 aromatic heterocycles. The van der Waals surface area contributed by atoms with Crippen molar-refractivity contribution in [1.29, 1.82) is 0 Å². The number of fused-ring (bicyclic) bond motifs is 1. The number of esters is 1. The van der Waals surface area contributed by atoms with Crippen molar-refractivity contribution in [3.05, 3.63) is 0 Å². The van der Waals surface area contributed by atoms with Gasteiger partial charge in [-0.2, -0.15) is 0 Å². The summed E-state index contributed by atoms with van der Waals surface area (Å²) in [5, 5.41) is 20.0. The molecule has 0 radical (unpaired) electrons. The predicted octanol–water partition coefficient (Wildman–Crippen LogP) is 0.140. The zero-order valence-corrected chi connectivity index (χ0v) is 11.9. The van der Waals surface area contributed by atoms with Crippen LogP contribution < -0.4 is 0 Å². The van der Waals surface area contributed by atoms with Crippen LogP contribution in [-0.4, -0.2) is 58.9 Å². The van der Waals surface area contributed by atoms with Crippen LogP contribution in [0.1, 0.15) is 39.0 Å². The molecule has 0 amide bonds. The second-order valence-corrected chi connectivity index (χ2v) is 6.41. The topological polar surface area (TPSA) is 85.2 Å². The summed E-state index contributed by atoms with van der Waals surface area (Å²) >= 11 is 0. The maximum Gasteiger partial charge on any atom is 0.308 e. The number of hydrogen-bond acceptors (Lipinski definition) is 6. The molecule has 3 fully saturated rings. The second kappa shape index (κ2) is 4.66. The van der Waals surface area contributed by atoms with Crippen molar-refractivity contribution in [2.45, 2.75) is 74.6 Å². The molecule has 0 aromatic rings. The molecule has 1 spiro atoms. The molecule has 6 nitrogen and oxygen atoms in total. The summed E-state index contributed by atoms with van der Waals surface area (Å²) in [5.41, 5.74) is -1.10. The molecule has 2 bridgehead atoms. The molecule has 1 saturated carbocycles. The standard InChI is InChI=1S/C14H22O6/c1-13-4-3-8(5-11(16)18-2)19-14(13)6-9(15)12(17)10(7-14)20-13/h8-10,12,15,17H,3-7H2,1-2H3/t8?,9?,10-,12-,13?,14?/m1/s1. The highest BCUT2D eigenvalue weighted by molar-refractivity contribution is 5.69. The van der Waals surface area contributed by atoms with E-state index in [1.54, 1.807) is 0 Å². The van der Waals surface area contributed by atoms with Gasteiger partial charge in [0.2, 0.25) is 0 Å². The summed E-state index contributed by atoms with van der Waals surface area (Å²) in [5.74, 6) is -0.290. The first-order valence-electron chi connectivity index (χ1n) is 7.18. The molecule has 1 aliphatic carbocycles. The van der Waals surface area contributed by atoms with Crippen LogP contribution in [0.5, 0.6) is 0 Å². The molecule has 2 saturated heterocycles. The lowest BCUT2D eigenvalue weighted by molar-refractivity contribution is -0.218. The van der Waals surface area contributed by atoms with E-state index >= 15 is 0 Å². The Balaban J connectivity index is 1.80. The summed E-state index contributed by atoms with van der Waals surface area (Å²) in [6.45, 7) is 1.98.